The zero-order valence-corrected chi connectivity index (χ0v) is 10.5. The number of hydrogen-bond acceptors (Lipinski definition) is 2. The summed E-state index contributed by atoms with van der Waals surface area (Å²) >= 11 is 6.06. The largest absolute Gasteiger partial charge is 0.341 e. The van der Waals surface area contributed by atoms with Crippen molar-refractivity contribution in [2.45, 2.75) is 25.2 Å². The van der Waals surface area contributed by atoms with Crippen LogP contribution in [0.3, 0.4) is 0 Å². The number of nitrogens with zero attached hydrogens (tertiary/aromatic N) is 2. The minimum absolute atomic E-state index is 0.603. The van der Waals surface area contributed by atoms with Crippen molar-refractivity contribution in [3.63, 3.8) is 0 Å². The highest BCUT2D eigenvalue weighted by Crippen LogP contribution is 2.36. The molecule has 4 rings (SSSR count). The van der Waals surface area contributed by atoms with Crippen molar-refractivity contribution in [2.75, 3.05) is 0 Å². The van der Waals surface area contributed by atoms with Gasteiger partial charge in [0.05, 0.1) is 17.2 Å². The van der Waals surface area contributed by atoms with Crippen LogP contribution < -0.4 is 0 Å². The third-order valence-corrected chi connectivity index (χ3v) is 4.03. The lowest BCUT2D eigenvalue weighted by Gasteiger charge is -2.22. The third-order valence-electron chi connectivity index (χ3n) is 3.80. The Hall–Kier alpha value is -1.61. The first-order chi connectivity index (χ1) is 8.81. The first-order valence-electron chi connectivity index (χ1n) is 6.25. The summed E-state index contributed by atoms with van der Waals surface area (Å²) in [5.74, 6) is 1.71. The van der Waals surface area contributed by atoms with E-state index in [1.54, 1.807) is 0 Å². The lowest BCUT2D eigenvalue weighted by molar-refractivity contribution is 0.405. The summed E-state index contributed by atoms with van der Waals surface area (Å²) in [5.41, 5.74) is 2.95. The van der Waals surface area contributed by atoms with E-state index in [4.69, 9.17) is 11.6 Å². The lowest BCUT2D eigenvalue weighted by atomic mass is 9.85. The highest BCUT2D eigenvalue weighted by Gasteiger charge is 2.23. The van der Waals surface area contributed by atoms with Gasteiger partial charge in [0.1, 0.15) is 11.3 Å². The third kappa shape index (κ3) is 1.44. The van der Waals surface area contributed by atoms with Crippen LogP contribution in [0.15, 0.2) is 24.4 Å². The van der Waals surface area contributed by atoms with Gasteiger partial charge in [-0.05, 0) is 31.0 Å². The lowest BCUT2D eigenvalue weighted by Crippen LogP contribution is -2.10. The van der Waals surface area contributed by atoms with Gasteiger partial charge in [-0.3, -0.25) is 4.98 Å². The Morgan fingerprint density at radius 1 is 1.22 bits per heavy atom. The zero-order valence-electron chi connectivity index (χ0n) is 9.78. The normalized spacial score (nSPS) is 16.3. The number of fused-ring (bicyclic) bond motifs is 3. The van der Waals surface area contributed by atoms with E-state index in [1.807, 2.05) is 24.4 Å². The number of halogens is 1. The molecule has 2 aromatic heterocycles. The predicted octanol–water partition coefficient (Wildman–Crippen LogP) is 4.03. The molecular weight excluding hydrogens is 246 g/mol. The molecule has 2 heterocycles. The molecule has 1 N–H and O–H groups in total. The van der Waals surface area contributed by atoms with Crippen molar-refractivity contribution >= 4 is 33.5 Å². The topological polar surface area (TPSA) is 41.6 Å². The molecule has 0 aliphatic heterocycles. The van der Waals surface area contributed by atoms with E-state index in [1.165, 1.54) is 19.3 Å². The number of aromatic amines is 1. The van der Waals surface area contributed by atoms with Gasteiger partial charge in [0.15, 0.2) is 0 Å². The average Bonchev–Trinajstić information content (AvgIpc) is 2.70. The van der Waals surface area contributed by atoms with Crippen molar-refractivity contribution < 1.29 is 0 Å². The number of benzene rings is 1. The molecule has 3 aromatic rings. The standard InChI is InChI=1S/C14H12ClN3/c15-9-4-5-11-10(6-9)13-12(7-16-11)17-14(18-13)8-2-1-3-8/h4-8H,1-3H2,(H,17,18). The second-order valence-corrected chi connectivity index (χ2v) is 5.37. The Balaban J connectivity index is 2.01. The monoisotopic (exact) mass is 257 g/mol. The Bertz CT molecular complexity index is 743. The predicted molar refractivity (Wildman–Crippen MR) is 73.0 cm³/mol. The van der Waals surface area contributed by atoms with Crippen LogP contribution in [0.1, 0.15) is 31.0 Å². The first kappa shape index (κ1) is 10.3. The fourth-order valence-corrected chi connectivity index (χ4v) is 2.70. The molecule has 0 unspecified atom stereocenters. The molecule has 1 fully saturated rings. The SMILES string of the molecule is Clc1ccc2ncc3nc(C4CCC4)[nH]c3c2c1. The second-order valence-electron chi connectivity index (χ2n) is 4.93. The molecular formula is C14H12ClN3. The maximum atomic E-state index is 6.06. The number of imidazole rings is 1. The summed E-state index contributed by atoms with van der Waals surface area (Å²) in [7, 11) is 0. The van der Waals surface area contributed by atoms with Crippen molar-refractivity contribution in [1.29, 1.82) is 0 Å². The number of H-pyrrole nitrogens is 1. The van der Waals surface area contributed by atoms with Crippen LogP contribution in [0, 0.1) is 0 Å². The second kappa shape index (κ2) is 3.69. The highest BCUT2D eigenvalue weighted by atomic mass is 35.5. The van der Waals surface area contributed by atoms with Gasteiger partial charge < -0.3 is 4.98 Å². The molecule has 0 radical (unpaired) electrons. The maximum Gasteiger partial charge on any atom is 0.110 e. The molecule has 0 saturated heterocycles. The molecule has 3 nitrogen and oxygen atoms in total. The van der Waals surface area contributed by atoms with E-state index in [9.17, 15) is 0 Å². The van der Waals surface area contributed by atoms with E-state index < -0.39 is 0 Å². The Kier molecular flexibility index (Phi) is 2.12. The molecule has 1 saturated carbocycles. The molecule has 1 aliphatic carbocycles. The summed E-state index contributed by atoms with van der Waals surface area (Å²) < 4.78 is 0. The molecule has 0 spiro atoms. The van der Waals surface area contributed by atoms with Gasteiger partial charge in [0.2, 0.25) is 0 Å². The maximum absolute atomic E-state index is 6.06. The zero-order chi connectivity index (χ0) is 12.1. The fraction of sp³-hybridized carbons (Fsp3) is 0.286. The van der Waals surface area contributed by atoms with Gasteiger partial charge in [-0.25, -0.2) is 4.98 Å². The van der Waals surface area contributed by atoms with Crippen LogP contribution in [-0.4, -0.2) is 15.0 Å². The Labute approximate surface area is 109 Å². The van der Waals surface area contributed by atoms with Crippen molar-refractivity contribution in [1.82, 2.24) is 15.0 Å². The van der Waals surface area contributed by atoms with Crippen LogP contribution in [-0.2, 0) is 0 Å². The van der Waals surface area contributed by atoms with Gasteiger partial charge in [-0.15, -0.1) is 0 Å². The van der Waals surface area contributed by atoms with Crippen molar-refractivity contribution in [3.8, 4) is 0 Å². The van der Waals surface area contributed by atoms with Crippen LogP contribution in [0.4, 0.5) is 0 Å². The highest BCUT2D eigenvalue weighted by molar-refractivity contribution is 6.31. The molecule has 90 valence electrons. The number of aromatic nitrogens is 3. The quantitative estimate of drug-likeness (QED) is 0.715. The van der Waals surface area contributed by atoms with E-state index in [0.717, 1.165) is 32.8 Å². The number of pyridine rings is 1. The van der Waals surface area contributed by atoms with E-state index >= 15 is 0 Å². The molecule has 4 heteroatoms. The smallest absolute Gasteiger partial charge is 0.110 e. The molecule has 1 aromatic carbocycles. The number of hydrogen-bond donors (Lipinski definition) is 1. The molecule has 0 atom stereocenters. The Morgan fingerprint density at radius 3 is 2.89 bits per heavy atom. The van der Waals surface area contributed by atoms with Crippen LogP contribution in [0.2, 0.25) is 5.02 Å². The Morgan fingerprint density at radius 2 is 2.11 bits per heavy atom. The molecule has 0 amide bonds. The van der Waals surface area contributed by atoms with Gasteiger partial charge in [0, 0.05) is 16.3 Å². The average molecular weight is 258 g/mol. The van der Waals surface area contributed by atoms with Crippen LogP contribution in [0.25, 0.3) is 21.9 Å². The van der Waals surface area contributed by atoms with E-state index in [-0.39, 0.29) is 0 Å². The molecule has 1 aliphatic rings. The first-order valence-corrected chi connectivity index (χ1v) is 6.63. The van der Waals surface area contributed by atoms with E-state index in [2.05, 4.69) is 15.0 Å². The summed E-state index contributed by atoms with van der Waals surface area (Å²) in [6.07, 6.45) is 5.63. The van der Waals surface area contributed by atoms with Crippen LogP contribution in [0.5, 0.6) is 0 Å². The van der Waals surface area contributed by atoms with Gasteiger partial charge >= 0.3 is 0 Å². The summed E-state index contributed by atoms with van der Waals surface area (Å²) in [5, 5.41) is 1.79. The van der Waals surface area contributed by atoms with Gasteiger partial charge in [0.25, 0.3) is 0 Å². The fourth-order valence-electron chi connectivity index (χ4n) is 2.53. The minimum atomic E-state index is 0.603. The summed E-state index contributed by atoms with van der Waals surface area (Å²) in [6.45, 7) is 0. The van der Waals surface area contributed by atoms with Crippen molar-refractivity contribution in [2.24, 2.45) is 0 Å². The minimum Gasteiger partial charge on any atom is -0.341 e. The molecule has 0 bridgehead atoms. The summed E-state index contributed by atoms with van der Waals surface area (Å²) in [6, 6.07) is 5.77. The molecule has 18 heavy (non-hydrogen) atoms. The van der Waals surface area contributed by atoms with E-state index in [0.29, 0.717) is 5.92 Å². The van der Waals surface area contributed by atoms with Crippen molar-refractivity contribution in [3.05, 3.63) is 35.2 Å². The van der Waals surface area contributed by atoms with Crippen LogP contribution >= 0.6 is 11.6 Å². The van der Waals surface area contributed by atoms with Gasteiger partial charge in [-0.2, -0.15) is 0 Å². The van der Waals surface area contributed by atoms with Gasteiger partial charge in [-0.1, -0.05) is 18.0 Å². The number of rotatable bonds is 1. The number of nitrogens with one attached hydrogen (secondary N) is 1. The summed E-state index contributed by atoms with van der Waals surface area (Å²) in [4.78, 5) is 12.5.